The minimum Gasteiger partial charge on any atom is -0.335 e. The fourth-order valence-corrected chi connectivity index (χ4v) is 2.97. The molecule has 3 rings (SSSR count). The zero-order valence-corrected chi connectivity index (χ0v) is 11.1. The molecular weight excluding hydrogens is 241 g/mol. The summed E-state index contributed by atoms with van der Waals surface area (Å²) in [4.78, 5) is 14.6. The van der Waals surface area contributed by atoms with Crippen LogP contribution in [0.25, 0.3) is 0 Å². The molecule has 2 nitrogen and oxygen atoms in total. The maximum atomic E-state index is 12.9. The Hall–Kier alpha value is -1.38. The number of halogens is 1. The Kier molecular flexibility index (Phi) is 3.54. The Balaban J connectivity index is 1.70. The van der Waals surface area contributed by atoms with Crippen molar-refractivity contribution < 1.29 is 9.18 Å². The quantitative estimate of drug-likeness (QED) is 0.812. The van der Waals surface area contributed by atoms with Gasteiger partial charge in [0.25, 0.3) is 0 Å². The van der Waals surface area contributed by atoms with E-state index < -0.39 is 0 Å². The number of rotatable bonds is 4. The molecule has 1 amide bonds. The Labute approximate surface area is 113 Å². The van der Waals surface area contributed by atoms with Gasteiger partial charge in [-0.15, -0.1) is 0 Å². The van der Waals surface area contributed by atoms with Gasteiger partial charge in [-0.1, -0.05) is 25.0 Å². The average molecular weight is 261 g/mol. The van der Waals surface area contributed by atoms with E-state index in [4.69, 9.17) is 0 Å². The number of hydrogen-bond acceptors (Lipinski definition) is 1. The molecule has 2 aliphatic rings. The lowest BCUT2D eigenvalue weighted by Gasteiger charge is -2.25. The van der Waals surface area contributed by atoms with Gasteiger partial charge in [-0.2, -0.15) is 0 Å². The van der Waals surface area contributed by atoms with Crippen molar-refractivity contribution in [2.45, 2.75) is 51.1 Å². The average Bonchev–Trinajstić information content (AvgIpc) is 3.11. The topological polar surface area (TPSA) is 20.3 Å². The molecule has 0 spiro atoms. The summed E-state index contributed by atoms with van der Waals surface area (Å²) in [6.45, 7) is 0.639. The fraction of sp³-hybridized carbons (Fsp3) is 0.562. The van der Waals surface area contributed by atoms with Crippen molar-refractivity contribution in [3.05, 3.63) is 35.6 Å². The van der Waals surface area contributed by atoms with E-state index in [1.165, 1.54) is 25.0 Å². The predicted octanol–water partition coefficient (Wildman–Crippen LogP) is 3.51. The molecule has 0 unspecified atom stereocenters. The van der Waals surface area contributed by atoms with E-state index in [2.05, 4.69) is 0 Å². The van der Waals surface area contributed by atoms with Crippen LogP contribution >= 0.6 is 0 Å². The number of carbonyl (C=O) groups is 1. The van der Waals surface area contributed by atoms with Gasteiger partial charge in [-0.3, -0.25) is 4.79 Å². The largest absolute Gasteiger partial charge is 0.335 e. The molecule has 2 aliphatic carbocycles. The monoisotopic (exact) mass is 261 g/mol. The maximum Gasteiger partial charge on any atom is 0.226 e. The minimum atomic E-state index is -0.219. The van der Waals surface area contributed by atoms with Crippen LogP contribution in [0.3, 0.4) is 0 Å². The van der Waals surface area contributed by atoms with Crippen LogP contribution in [0, 0.1) is 11.7 Å². The first kappa shape index (κ1) is 12.6. The second kappa shape index (κ2) is 5.32. The summed E-state index contributed by atoms with van der Waals surface area (Å²) in [5.41, 5.74) is 1.03. The van der Waals surface area contributed by atoms with Crippen LogP contribution in [0.2, 0.25) is 0 Å². The summed E-state index contributed by atoms with van der Waals surface area (Å²) in [6, 6.07) is 6.94. The Morgan fingerprint density at radius 3 is 2.32 bits per heavy atom. The van der Waals surface area contributed by atoms with E-state index in [1.54, 1.807) is 12.1 Å². The molecule has 1 aromatic rings. The smallest absolute Gasteiger partial charge is 0.226 e. The molecule has 19 heavy (non-hydrogen) atoms. The van der Waals surface area contributed by atoms with E-state index in [-0.39, 0.29) is 11.7 Å². The van der Waals surface area contributed by atoms with Gasteiger partial charge in [-0.25, -0.2) is 4.39 Å². The fourth-order valence-electron chi connectivity index (χ4n) is 2.97. The second-order valence-corrected chi connectivity index (χ2v) is 5.81. The molecule has 0 heterocycles. The number of nitrogens with zero attached hydrogens (tertiary/aromatic N) is 1. The van der Waals surface area contributed by atoms with Crippen molar-refractivity contribution in [2.24, 2.45) is 5.92 Å². The highest BCUT2D eigenvalue weighted by atomic mass is 19.1. The van der Waals surface area contributed by atoms with Gasteiger partial charge in [-0.05, 0) is 43.4 Å². The molecule has 2 fully saturated rings. The first-order chi connectivity index (χ1) is 9.24. The van der Waals surface area contributed by atoms with Gasteiger partial charge in [0.1, 0.15) is 5.82 Å². The molecule has 0 N–H and O–H groups in total. The molecular formula is C16H20FNO. The number of benzene rings is 1. The van der Waals surface area contributed by atoms with Crippen molar-refractivity contribution in [1.82, 2.24) is 4.90 Å². The third-order valence-corrected chi connectivity index (χ3v) is 4.24. The van der Waals surface area contributed by atoms with Crippen LogP contribution in [-0.4, -0.2) is 16.8 Å². The Bertz CT molecular complexity index is 446. The van der Waals surface area contributed by atoms with Crippen LogP contribution in [0.1, 0.15) is 44.1 Å². The van der Waals surface area contributed by atoms with Gasteiger partial charge < -0.3 is 4.90 Å². The molecule has 0 saturated heterocycles. The Morgan fingerprint density at radius 1 is 1.11 bits per heavy atom. The first-order valence-electron chi connectivity index (χ1n) is 7.29. The lowest BCUT2D eigenvalue weighted by molar-refractivity contribution is -0.136. The summed E-state index contributed by atoms with van der Waals surface area (Å²) < 4.78 is 12.9. The highest BCUT2D eigenvalue weighted by molar-refractivity contribution is 5.79. The van der Waals surface area contributed by atoms with Gasteiger partial charge in [0.15, 0.2) is 0 Å². The number of hydrogen-bond donors (Lipinski definition) is 0. The molecule has 3 heteroatoms. The molecule has 1 aromatic carbocycles. The van der Waals surface area contributed by atoms with Crippen molar-refractivity contribution in [1.29, 1.82) is 0 Å². The first-order valence-corrected chi connectivity index (χ1v) is 7.29. The van der Waals surface area contributed by atoms with E-state index in [1.807, 2.05) is 4.90 Å². The van der Waals surface area contributed by atoms with Gasteiger partial charge in [0.05, 0.1) is 0 Å². The maximum absolute atomic E-state index is 12.9. The molecule has 0 atom stereocenters. The van der Waals surface area contributed by atoms with Crippen molar-refractivity contribution in [3.63, 3.8) is 0 Å². The van der Waals surface area contributed by atoms with Crippen molar-refractivity contribution >= 4 is 5.91 Å². The molecule has 0 aromatic heterocycles. The van der Waals surface area contributed by atoms with Gasteiger partial charge in [0, 0.05) is 18.5 Å². The van der Waals surface area contributed by atoms with Crippen LogP contribution in [0.5, 0.6) is 0 Å². The van der Waals surface area contributed by atoms with Crippen LogP contribution in [0.4, 0.5) is 4.39 Å². The van der Waals surface area contributed by atoms with E-state index in [9.17, 15) is 9.18 Å². The van der Waals surface area contributed by atoms with Crippen LogP contribution in [0.15, 0.2) is 24.3 Å². The summed E-state index contributed by atoms with van der Waals surface area (Å²) in [5.74, 6) is 0.342. The van der Waals surface area contributed by atoms with Gasteiger partial charge in [0.2, 0.25) is 5.91 Å². The molecule has 2 saturated carbocycles. The second-order valence-electron chi connectivity index (χ2n) is 5.81. The minimum absolute atomic E-state index is 0.219. The number of carbonyl (C=O) groups excluding carboxylic acids is 1. The molecule has 102 valence electrons. The van der Waals surface area contributed by atoms with E-state index in [0.29, 0.717) is 18.5 Å². The van der Waals surface area contributed by atoms with Crippen LogP contribution in [-0.2, 0) is 11.3 Å². The molecule has 0 bridgehead atoms. The van der Waals surface area contributed by atoms with Crippen LogP contribution < -0.4 is 0 Å². The SMILES string of the molecule is O=C(C1CCCC1)N(Cc1ccc(F)cc1)C1CC1. The molecule has 0 aliphatic heterocycles. The standard InChI is InChI=1S/C16H20FNO/c17-14-7-5-12(6-8-14)11-18(15-9-10-15)16(19)13-3-1-2-4-13/h5-8,13,15H,1-4,9-11H2. The summed E-state index contributed by atoms with van der Waals surface area (Å²) >= 11 is 0. The summed E-state index contributed by atoms with van der Waals surface area (Å²) in [6.07, 6.45) is 6.72. The third-order valence-electron chi connectivity index (χ3n) is 4.24. The van der Waals surface area contributed by atoms with E-state index in [0.717, 1.165) is 31.2 Å². The lowest BCUT2D eigenvalue weighted by Crippen LogP contribution is -2.36. The van der Waals surface area contributed by atoms with Crippen molar-refractivity contribution in [2.75, 3.05) is 0 Å². The van der Waals surface area contributed by atoms with Crippen molar-refractivity contribution in [3.8, 4) is 0 Å². The summed E-state index contributed by atoms with van der Waals surface area (Å²) in [5, 5.41) is 0. The Morgan fingerprint density at radius 2 is 1.74 bits per heavy atom. The molecule has 0 radical (unpaired) electrons. The van der Waals surface area contributed by atoms with E-state index >= 15 is 0 Å². The lowest BCUT2D eigenvalue weighted by atomic mass is 10.1. The zero-order chi connectivity index (χ0) is 13.2. The highest BCUT2D eigenvalue weighted by Crippen LogP contribution is 2.33. The zero-order valence-electron chi connectivity index (χ0n) is 11.1. The highest BCUT2D eigenvalue weighted by Gasteiger charge is 2.36. The third kappa shape index (κ3) is 2.96. The summed E-state index contributed by atoms with van der Waals surface area (Å²) in [7, 11) is 0. The van der Waals surface area contributed by atoms with Gasteiger partial charge >= 0.3 is 0 Å². The number of amides is 1. The normalized spacial score (nSPS) is 19.6. The predicted molar refractivity (Wildman–Crippen MR) is 71.9 cm³/mol.